The third-order valence-corrected chi connectivity index (χ3v) is 15.1. The highest BCUT2D eigenvalue weighted by Gasteiger charge is 2.30. The Bertz CT molecular complexity index is 2800. The van der Waals surface area contributed by atoms with Gasteiger partial charge in [0.1, 0.15) is 36.2 Å². The summed E-state index contributed by atoms with van der Waals surface area (Å²) in [5.74, 6) is 2.52. The van der Waals surface area contributed by atoms with Gasteiger partial charge >= 0.3 is 0 Å². The zero-order valence-electron chi connectivity index (χ0n) is 48.7. The van der Waals surface area contributed by atoms with Gasteiger partial charge in [-0.05, 0) is 137 Å². The second kappa shape index (κ2) is 23.6. The first kappa shape index (κ1) is 57.2. The average molecular weight is 1060 g/mol. The summed E-state index contributed by atoms with van der Waals surface area (Å²) in [5.41, 5.74) is 27.0. The molecule has 0 saturated carbocycles. The predicted octanol–water partition coefficient (Wildman–Crippen LogP) is 13.4. The lowest BCUT2D eigenvalue weighted by molar-refractivity contribution is -0.123. The monoisotopic (exact) mass is 1050 g/mol. The van der Waals surface area contributed by atoms with E-state index in [-0.39, 0.29) is 46.7 Å². The number of rotatable bonds is 6. The van der Waals surface area contributed by atoms with Gasteiger partial charge in [-0.3, -0.25) is 9.59 Å². The smallest absolute Gasteiger partial charge is 0.257 e. The molecule has 1 aliphatic heterocycles. The highest BCUT2D eigenvalue weighted by atomic mass is 16.5. The molecule has 0 aromatic heterocycles. The molecular formula is C68H86N4O6. The number of nitrogen functional groups attached to an aromatic ring is 2. The number of carbonyl (C=O) groups is 2. The van der Waals surface area contributed by atoms with Crippen molar-refractivity contribution in [2.45, 2.75) is 169 Å². The van der Waals surface area contributed by atoms with Gasteiger partial charge in [-0.2, -0.15) is 0 Å². The SMILES string of the molecule is CC(C)(C)c1cc2c3c(c1)Cc1cc(C(C)(C)C)cc(c1OCc1ccc(N)cc1)Cc1cc(C(C)(C)C)cc(c1OCC(=O)NCCCCCCNC(=O)CO3)Cc1cc(C(C)(C)C)cc(c1OCc1ccc(N)cc1)C2. The summed E-state index contributed by atoms with van der Waals surface area (Å²) >= 11 is 0. The lowest BCUT2D eigenvalue weighted by atomic mass is 9.79. The summed E-state index contributed by atoms with van der Waals surface area (Å²) in [6, 6.07) is 34.0. The molecule has 2 aliphatic rings. The Kier molecular flexibility index (Phi) is 17.3. The van der Waals surface area contributed by atoms with Crippen molar-refractivity contribution in [1.82, 2.24) is 10.6 Å². The summed E-state index contributed by atoms with van der Waals surface area (Å²) in [5, 5.41) is 6.29. The van der Waals surface area contributed by atoms with Gasteiger partial charge in [0, 0.05) is 50.1 Å². The predicted molar refractivity (Wildman–Crippen MR) is 318 cm³/mol. The number of ether oxygens (including phenoxy) is 4. The Balaban J connectivity index is 1.49. The first-order valence-corrected chi connectivity index (χ1v) is 28.2. The number of nitrogens with one attached hydrogen (secondary N) is 2. The standard InChI is InChI=1S/C68H86N4O6/c1-65(2,3)53-31-45-27-49-35-55(67(7,8)9)37-51-29-47-33-54(66(4,5)6)34-48(62(47)76-40-44-19-23-58(70)24-20-44)30-52-38-56(68(10,11)12)36-50(28-46(32-53)61(45)75-39-43-17-21-57(69)22-18-43)64(52)78-42-60(74)72-26-16-14-13-15-25-71-59(73)41-77-63(49)51/h17-24,31-38H,13-16,25-30,39-42,69-70H2,1-12H3,(H,71,73)(H,72,74). The van der Waals surface area contributed by atoms with Crippen LogP contribution in [0.1, 0.15) is 187 Å². The molecule has 2 amide bonds. The van der Waals surface area contributed by atoms with E-state index in [1.807, 2.05) is 48.5 Å². The van der Waals surface area contributed by atoms with Crippen molar-refractivity contribution in [3.8, 4) is 23.0 Å². The van der Waals surface area contributed by atoms with Crippen LogP contribution >= 0.6 is 0 Å². The highest BCUT2D eigenvalue weighted by molar-refractivity contribution is 5.78. The number of hydrogen-bond acceptors (Lipinski definition) is 8. The summed E-state index contributed by atoms with van der Waals surface area (Å²) in [7, 11) is 0. The van der Waals surface area contributed by atoms with E-state index in [0.29, 0.717) is 74.9 Å². The molecule has 0 radical (unpaired) electrons. The molecule has 78 heavy (non-hydrogen) atoms. The first-order valence-electron chi connectivity index (χ1n) is 28.2. The number of nitrogens with two attached hydrogens (primary N) is 2. The fourth-order valence-electron chi connectivity index (χ4n) is 10.3. The van der Waals surface area contributed by atoms with Crippen LogP contribution in [0.5, 0.6) is 23.0 Å². The van der Waals surface area contributed by atoms with Gasteiger partial charge < -0.3 is 41.0 Å². The molecule has 6 aromatic rings. The van der Waals surface area contributed by atoms with E-state index < -0.39 is 0 Å². The number of benzene rings is 6. The van der Waals surface area contributed by atoms with Crippen molar-refractivity contribution in [3.05, 3.63) is 175 Å². The lowest BCUT2D eigenvalue weighted by Gasteiger charge is -2.29. The Morgan fingerprint density at radius 1 is 0.410 bits per heavy atom. The van der Waals surface area contributed by atoms with Crippen LogP contribution in [-0.2, 0) is 70.1 Å². The minimum atomic E-state index is -0.262. The minimum absolute atomic E-state index is 0.157. The lowest BCUT2D eigenvalue weighted by Crippen LogP contribution is -2.30. The Labute approximate surface area is 465 Å². The molecule has 0 fully saturated rings. The molecule has 10 nitrogen and oxygen atoms in total. The normalized spacial score (nSPS) is 15.2. The molecule has 0 unspecified atom stereocenters. The third kappa shape index (κ3) is 14.6. The second-order valence-corrected chi connectivity index (χ2v) is 26.0. The molecule has 1 heterocycles. The van der Waals surface area contributed by atoms with Crippen LogP contribution in [0.15, 0.2) is 97.1 Å². The zero-order chi connectivity index (χ0) is 56.2. The van der Waals surface area contributed by atoms with E-state index >= 15 is 0 Å². The van der Waals surface area contributed by atoms with Crippen molar-refractivity contribution in [2.24, 2.45) is 0 Å². The van der Waals surface area contributed by atoms with E-state index in [4.69, 9.17) is 30.4 Å². The maximum Gasteiger partial charge on any atom is 0.257 e. The number of anilines is 2. The first-order chi connectivity index (χ1) is 36.8. The topological polar surface area (TPSA) is 147 Å². The van der Waals surface area contributed by atoms with Crippen LogP contribution in [0.4, 0.5) is 11.4 Å². The average Bonchev–Trinajstić information content (AvgIpc) is 3.55. The van der Waals surface area contributed by atoms with Gasteiger partial charge in [0.25, 0.3) is 11.8 Å². The molecule has 8 rings (SSSR count). The van der Waals surface area contributed by atoms with Crippen LogP contribution in [0.25, 0.3) is 0 Å². The van der Waals surface area contributed by atoms with E-state index in [9.17, 15) is 9.59 Å². The summed E-state index contributed by atoms with van der Waals surface area (Å²) < 4.78 is 28.4. The Morgan fingerprint density at radius 2 is 0.679 bits per heavy atom. The maximum absolute atomic E-state index is 14.0. The van der Waals surface area contributed by atoms with E-state index in [2.05, 4.69) is 142 Å². The molecule has 6 aromatic carbocycles. The van der Waals surface area contributed by atoms with Gasteiger partial charge in [-0.15, -0.1) is 0 Å². The van der Waals surface area contributed by atoms with Crippen molar-refractivity contribution >= 4 is 23.2 Å². The fraction of sp³-hybridized carbons (Fsp3) is 0.441. The van der Waals surface area contributed by atoms with Gasteiger partial charge in [-0.1, -0.05) is 169 Å². The quantitative estimate of drug-likeness (QED) is 0.120. The third-order valence-electron chi connectivity index (χ3n) is 15.1. The van der Waals surface area contributed by atoms with Crippen LogP contribution in [0, 0.1) is 0 Å². The van der Waals surface area contributed by atoms with Gasteiger partial charge in [-0.25, -0.2) is 0 Å². The molecule has 0 spiro atoms. The van der Waals surface area contributed by atoms with E-state index in [0.717, 1.165) is 115 Å². The molecule has 414 valence electrons. The summed E-state index contributed by atoms with van der Waals surface area (Å²) in [4.78, 5) is 27.9. The van der Waals surface area contributed by atoms with Crippen molar-refractivity contribution < 1.29 is 28.5 Å². The number of hydrogen-bond donors (Lipinski definition) is 4. The van der Waals surface area contributed by atoms with Crippen molar-refractivity contribution in [3.63, 3.8) is 0 Å². The van der Waals surface area contributed by atoms with Crippen LogP contribution in [0.2, 0.25) is 0 Å². The highest BCUT2D eigenvalue weighted by Crippen LogP contribution is 2.45. The Morgan fingerprint density at radius 3 is 0.949 bits per heavy atom. The van der Waals surface area contributed by atoms with E-state index in [1.165, 1.54) is 0 Å². The summed E-state index contributed by atoms with van der Waals surface area (Å²) in [6.45, 7) is 28.3. The second-order valence-electron chi connectivity index (χ2n) is 26.0. The van der Waals surface area contributed by atoms with Crippen LogP contribution in [0.3, 0.4) is 0 Å². The van der Waals surface area contributed by atoms with Gasteiger partial charge in [0.2, 0.25) is 0 Å². The van der Waals surface area contributed by atoms with Crippen LogP contribution in [-0.4, -0.2) is 38.1 Å². The van der Waals surface area contributed by atoms with Gasteiger partial charge in [0.05, 0.1) is 0 Å². The molecule has 10 heteroatoms. The maximum atomic E-state index is 14.0. The molecule has 0 atom stereocenters. The minimum Gasteiger partial charge on any atom is -0.488 e. The van der Waals surface area contributed by atoms with Crippen LogP contribution < -0.4 is 41.0 Å². The fourth-order valence-corrected chi connectivity index (χ4v) is 10.3. The molecule has 0 saturated heterocycles. The van der Waals surface area contributed by atoms with Crippen molar-refractivity contribution in [1.29, 1.82) is 0 Å². The number of fused-ring (bicyclic) bond motifs is 2. The van der Waals surface area contributed by atoms with Gasteiger partial charge in [0.15, 0.2) is 13.2 Å². The van der Waals surface area contributed by atoms with Crippen molar-refractivity contribution in [2.75, 3.05) is 37.8 Å². The molecule has 1 aliphatic carbocycles. The Hall–Kier alpha value is -6.94. The zero-order valence-corrected chi connectivity index (χ0v) is 48.7. The molecule has 10 bridgehead atoms. The largest absolute Gasteiger partial charge is 0.488 e. The molecule has 6 N–H and O–H groups in total. The van der Waals surface area contributed by atoms with E-state index in [1.54, 1.807) is 0 Å². The number of amides is 2. The number of carbonyl (C=O) groups excluding carboxylic acids is 2. The molecular weight excluding hydrogens is 969 g/mol. The summed E-state index contributed by atoms with van der Waals surface area (Å²) in [6.07, 6.45) is 5.20.